The van der Waals surface area contributed by atoms with Crippen molar-refractivity contribution in [2.45, 2.75) is 56.8 Å². The minimum absolute atomic E-state index is 0.158. The Bertz CT molecular complexity index is 1330. The van der Waals surface area contributed by atoms with E-state index in [1.54, 1.807) is 0 Å². The molecule has 6 nitrogen and oxygen atoms in total. The third-order valence-electron chi connectivity index (χ3n) is 8.35. The van der Waals surface area contributed by atoms with E-state index >= 15 is 0 Å². The predicted octanol–water partition coefficient (Wildman–Crippen LogP) is 6.38. The Labute approximate surface area is 241 Å². The number of piperidine rings is 1. The highest BCUT2D eigenvalue weighted by molar-refractivity contribution is 6.30. The number of nitrogens with zero attached hydrogens (tertiary/aromatic N) is 2. The van der Waals surface area contributed by atoms with Gasteiger partial charge in [0.2, 0.25) is 0 Å². The Kier molecular flexibility index (Phi) is 8.40. The lowest BCUT2D eigenvalue weighted by molar-refractivity contribution is -0.0254. The van der Waals surface area contributed by atoms with Crippen molar-refractivity contribution in [1.29, 1.82) is 0 Å². The van der Waals surface area contributed by atoms with Crippen LogP contribution in [-0.4, -0.2) is 53.9 Å². The molecule has 4 heterocycles. The van der Waals surface area contributed by atoms with Gasteiger partial charge in [0.1, 0.15) is 24.7 Å². The Morgan fingerprint density at radius 1 is 1.07 bits per heavy atom. The molecule has 6 rings (SSSR count). The zero-order valence-electron chi connectivity index (χ0n) is 22.9. The van der Waals surface area contributed by atoms with Crippen molar-refractivity contribution in [3.8, 4) is 11.5 Å². The minimum Gasteiger partial charge on any atom is -0.491 e. The molecule has 0 spiro atoms. The molecular formula is C33H37ClN2O4. The van der Waals surface area contributed by atoms with Crippen LogP contribution in [0.2, 0.25) is 5.02 Å². The Morgan fingerprint density at radius 2 is 1.93 bits per heavy atom. The average molecular weight is 561 g/mol. The molecule has 1 N–H and O–H groups in total. The highest BCUT2D eigenvalue weighted by Crippen LogP contribution is 2.39. The van der Waals surface area contributed by atoms with Gasteiger partial charge in [-0.25, -0.2) is 0 Å². The summed E-state index contributed by atoms with van der Waals surface area (Å²) in [6, 6.07) is 17.8. The van der Waals surface area contributed by atoms with Gasteiger partial charge in [-0.3, -0.25) is 4.98 Å². The summed E-state index contributed by atoms with van der Waals surface area (Å²) < 4.78 is 18.2. The molecular weight excluding hydrogens is 524 g/mol. The van der Waals surface area contributed by atoms with Crippen LogP contribution in [0.4, 0.5) is 0 Å². The van der Waals surface area contributed by atoms with Crippen molar-refractivity contribution in [3.05, 3.63) is 94.3 Å². The molecule has 1 aromatic heterocycles. The summed E-state index contributed by atoms with van der Waals surface area (Å²) in [6.07, 6.45) is 9.96. The molecule has 0 aliphatic carbocycles. The topological polar surface area (TPSA) is 64.1 Å². The second-order valence-corrected chi connectivity index (χ2v) is 11.5. The SMILES string of the molecule is OC1(c2ccc(Cl)cc2)CCN(CCC=C2c3cc(OCC4CCCCO4)ccc3OCc3ncccc32)CC1. The number of aromatic nitrogens is 1. The smallest absolute Gasteiger partial charge is 0.131 e. The fourth-order valence-electron chi connectivity index (χ4n) is 5.96. The van der Waals surface area contributed by atoms with Crippen LogP contribution < -0.4 is 9.47 Å². The monoisotopic (exact) mass is 560 g/mol. The summed E-state index contributed by atoms with van der Waals surface area (Å²) >= 11 is 6.05. The maximum absolute atomic E-state index is 11.3. The van der Waals surface area contributed by atoms with E-state index in [0.29, 0.717) is 31.1 Å². The van der Waals surface area contributed by atoms with Gasteiger partial charge in [0.15, 0.2) is 0 Å². The molecule has 3 aliphatic heterocycles. The molecule has 1 unspecified atom stereocenters. The third kappa shape index (κ3) is 6.21. The summed E-state index contributed by atoms with van der Waals surface area (Å²) in [5, 5.41) is 12.0. The first-order valence-electron chi connectivity index (χ1n) is 14.4. The summed E-state index contributed by atoms with van der Waals surface area (Å²) in [6.45, 7) is 4.43. The van der Waals surface area contributed by atoms with Crippen LogP contribution in [0.15, 0.2) is 66.9 Å². The quantitative estimate of drug-likeness (QED) is 0.362. The second-order valence-electron chi connectivity index (χ2n) is 11.0. The number of pyridine rings is 1. The molecule has 2 aromatic carbocycles. The molecule has 0 bridgehead atoms. The summed E-state index contributed by atoms with van der Waals surface area (Å²) in [5.74, 6) is 1.67. The van der Waals surface area contributed by atoms with Crippen molar-refractivity contribution in [2.24, 2.45) is 0 Å². The van der Waals surface area contributed by atoms with Gasteiger partial charge in [-0.15, -0.1) is 0 Å². The van der Waals surface area contributed by atoms with E-state index in [1.165, 1.54) is 6.42 Å². The van der Waals surface area contributed by atoms with Gasteiger partial charge >= 0.3 is 0 Å². The molecule has 40 heavy (non-hydrogen) atoms. The first kappa shape index (κ1) is 27.3. The molecule has 0 saturated carbocycles. The van der Waals surface area contributed by atoms with E-state index < -0.39 is 5.60 Å². The van der Waals surface area contributed by atoms with Crippen molar-refractivity contribution in [2.75, 3.05) is 32.8 Å². The summed E-state index contributed by atoms with van der Waals surface area (Å²) in [5.41, 5.74) is 4.36. The lowest BCUT2D eigenvalue weighted by atomic mass is 9.84. The molecule has 2 saturated heterocycles. The Balaban J connectivity index is 1.16. The van der Waals surface area contributed by atoms with E-state index in [-0.39, 0.29) is 6.10 Å². The van der Waals surface area contributed by atoms with Crippen LogP contribution >= 0.6 is 11.6 Å². The normalized spacial score (nSPS) is 21.6. The summed E-state index contributed by atoms with van der Waals surface area (Å²) in [7, 11) is 0. The lowest BCUT2D eigenvalue weighted by Crippen LogP contribution is -2.42. The van der Waals surface area contributed by atoms with Gasteiger partial charge in [0.25, 0.3) is 0 Å². The fraction of sp³-hybridized carbons (Fsp3) is 0.424. The highest BCUT2D eigenvalue weighted by Gasteiger charge is 2.33. The molecule has 2 fully saturated rings. The highest BCUT2D eigenvalue weighted by atomic mass is 35.5. The van der Waals surface area contributed by atoms with Gasteiger partial charge in [-0.2, -0.15) is 0 Å². The van der Waals surface area contributed by atoms with E-state index in [1.807, 2.05) is 48.7 Å². The summed E-state index contributed by atoms with van der Waals surface area (Å²) in [4.78, 5) is 7.05. The van der Waals surface area contributed by atoms with Crippen LogP contribution in [0.25, 0.3) is 5.57 Å². The predicted molar refractivity (Wildman–Crippen MR) is 157 cm³/mol. The van der Waals surface area contributed by atoms with E-state index in [0.717, 1.165) is 85.0 Å². The minimum atomic E-state index is -0.791. The van der Waals surface area contributed by atoms with E-state index in [2.05, 4.69) is 28.1 Å². The number of hydrogen-bond donors (Lipinski definition) is 1. The van der Waals surface area contributed by atoms with E-state index in [9.17, 15) is 5.11 Å². The largest absolute Gasteiger partial charge is 0.491 e. The molecule has 3 aliphatic rings. The number of likely N-dealkylation sites (tertiary alicyclic amines) is 1. The molecule has 3 aromatic rings. The fourth-order valence-corrected chi connectivity index (χ4v) is 6.09. The third-order valence-corrected chi connectivity index (χ3v) is 8.61. The zero-order chi connectivity index (χ0) is 27.4. The Hall–Kier alpha value is -2.90. The van der Waals surface area contributed by atoms with Gasteiger partial charge in [-0.05, 0) is 86.1 Å². The van der Waals surface area contributed by atoms with Crippen molar-refractivity contribution >= 4 is 17.2 Å². The molecule has 1 atom stereocenters. The van der Waals surface area contributed by atoms with Gasteiger partial charge in [0, 0.05) is 48.6 Å². The number of benzene rings is 2. The van der Waals surface area contributed by atoms with Crippen LogP contribution in [0.1, 0.15) is 60.9 Å². The molecule has 0 radical (unpaired) electrons. The number of ether oxygens (including phenoxy) is 3. The van der Waals surface area contributed by atoms with Crippen LogP contribution in [0.3, 0.4) is 0 Å². The van der Waals surface area contributed by atoms with Crippen molar-refractivity contribution in [1.82, 2.24) is 9.88 Å². The van der Waals surface area contributed by atoms with E-state index in [4.69, 9.17) is 25.8 Å². The number of rotatable bonds is 7. The van der Waals surface area contributed by atoms with Gasteiger partial charge in [-0.1, -0.05) is 35.9 Å². The first-order valence-corrected chi connectivity index (χ1v) is 14.8. The molecule has 210 valence electrons. The first-order chi connectivity index (χ1) is 19.6. The number of aliphatic hydroxyl groups is 1. The van der Waals surface area contributed by atoms with Crippen LogP contribution in [0, 0.1) is 0 Å². The van der Waals surface area contributed by atoms with Crippen molar-refractivity contribution < 1.29 is 19.3 Å². The zero-order valence-corrected chi connectivity index (χ0v) is 23.6. The average Bonchev–Trinajstić information content (AvgIpc) is 3.15. The standard InChI is InChI=1S/C33H37ClN2O4/c34-25-10-8-24(9-11-25)33(37)14-18-36(19-15-33)17-4-7-28-29-6-3-16-35-31(29)23-40-32-13-12-26(21-30(28)32)39-22-27-5-1-2-20-38-27/h3,6-13,16,21,27,37H,1-2,4-5,14-15,17-20,22-23H2. The maximum Gasteiger partial charge on any atom is 0.131 e. The number of fused-ring (bicyclic) bond motifs is 2. The van der Waals surface area contributed by atoms with Gasteiger partial charge < -0.3 is 24.2 Å². The number of halogens is 1. The number of hydrogen-bond acceptors (Lipinski definition) is 6. The van der Waals surface area contributed by atoms with Gasteiger partial charge in [0.05, 0.1) is 17.4 Å². The second kappa shape index (κ2) is 12.3. The van der Waals surface area contributed by atoms with Crippen LogP contribution in [0.5, 0.6) is 11.5 Å². The van der Waals surface area contributed by atoms with Crippen molar-refractivity contribution in [3.63, 3.8) is 0 Å². The lowest BCUT2D eigenvalue weighted by Gasteiger charge is -2.38. The maximum atomic E-state index is 11.3. The molecule has 7 heteroatoms. The molecule has 0 amide bonds. The Morgan fingerprint density at radius 3 is 2.73 bits per heavy atom. The van der Waals surface area contributed by atoms with Crippen LogP contribution in [-0.2, 0) is 16.9 Å².